The second-order valence-electron chi connectivity index (χ2n) is 7.55. The molecule has 3 aromatic carbocycles. The summed E-state index contributed by atoms with van der Waals surface area (Å²) < 4.78 is 9.83. The van der Waals surface area contributed by atoms with Crippen LogP contribution in [-0.2, 0) is 18.4 Å². The maximum absolute atomic E-state index is 12.8. The Kier molecular flexibility index (Phi) is 4.95. The van der Waals surface area contributed by atoms with E-state index in [-0.39, 0.29) is 5.91 Å². The van der Waals surface area contributed by atoms with Crippen molar-refractivity contribution in [2.24, 2.45) is 7.05 Å². The number of carbonyl (C=O) groups excluding carboxylic acids is 2. The Bertz CT molecular complexity index is 1440. The Balaban J connectivity index is 1.33. The number of anilines is 1. The number of carbonyl (C=O) groups is 2. The zero-order valence-electron chi connectivity index (χ0n) is 17.5. The van der Waals surface area contributed by atoms with Gasteiger partial charge in [0.25, 0.3) is 5.91 Å². The smallest absolute Gasteiger partial charge is 0.272 e. The molecule has 0 unspecified atom stereocenters. The first-order valence-electron chi connectivity index (χ1n) is 10.3. The molecule has 6 nitrogen and oxygen atoms in total. The van der Waals surface area contributed by atoms with Crippen molar-refractivity contribution in [1.29, 1.82) is 0 Å². The highest BCUT2D eigenvalue weighted by molar-refractivity contribution is 6.06. The summed E-state index contributed by atoms with van der Waals surface area (Å²) in [5.41, 5.74) is 3.23. The number of aromatic nitrogens is 2. The molecular formula is C26H21N3O3. The number of hydrogen-bond acceptors (Lipinski definition) is 3. The van der Waals surface area contributed by atoms with Crippen LogP contribution in [0.1, 0.15) is 10.5 Å². The van der Waals surface area contributed by atoms with Crippen LogP contribution in [0.3, 0.4) is 0 Å². The van der Waals surface area contributed by atoms with E-state index in [1.165, 1.54) is 0 Å². The summed E-state index contributed by atoms with van der Waals surface area (Å²) >= 11 is 0. The molecule has 2 heterocycles. The molecule has 0 fully saturated rings. The summed E-state index contributed by atoms with van der Waals surface area (Å²) in [6.07, 6.45) is 2.75. The summed E-state index contributed by atoms with van der Waals surface area (Å²) in [6, 6.07) is 24.7. The zero-order chi connectivity index (χ0) is 22.1. The van der Waals surface area contributed by atoms with Crippen LogP contribution < -0.4 is 10.1 Å². The van der Waals surface area contributed by atoms with Crippen molar-refractivity contribution in [2.45, 2.75) is 6.54 Å². The SMILES string of the molecule is Cn1c(C(=O)Nc2ccc(Oc3cccc4c3ccn4CC=O)cc2)cc2ccccc21. The van der Waals surface area contributed by atoms with Crippen LogP contribution in [-0.4, -0.2) is 21.3 Å². The highest BCUT2D eigenvalue weighted by Crippen LogP contribution is 2.31. The molecule has 2 aromatic heterocycles. The van der Waals surface area contributed by atoms with Crippen LogP contribution in [0.5, 0.6) is 11.5 Å². The van der Waals surface area contributed by atoms with E-state index in [0.717, 1.165) is 28.1 Å². The first-order valence-corrected chi connectivity index (χ1v) is 10.3. The normalized spacial score (nSPS) is 11.0. The second-order valence-corrected chi connectivity index (χ2v) is 7.55. The third-order valence-corrected chi connectivity index (χ3v) is 5.57. The van der Waals surface area contributed by atoms with Gasteiger partial charge in [-0.1, -0.05) is 24.3 Å². The summed E-state index contributed by atoms with van der Waals surface area (Å²) in [4.78, 5) is 23.7. The number of nitrogens with zero attached hydrogens (tertiary/aromatic N) is 2. The number of aryl methyl sites for hydroxylation is 1. The highest BCUT2D eigenvalue weighted by Gasteiger charge is 2.13. The first kappa shape index (κ1) is 19.6. The molecule has 6 heteroatoms. The lowest BCUT2D eigenvalue weighted by Crippen LogP contribution is -2.15. The van der Waals surface area contributed by atoms with E-state index >= 15 is 0 Å². The maximum atomic E-state index is 12.8. The highest BCUT2D eigenvalue weighted by atomic mass is 16.5. The van der Waals surface area contributed by atoms with Crippen molar-refractivity contribution in [3.63, 3.8) is 0 Å². The van der Waals surface area contributed by atoms with Gasteiger partial charge in [0.05, 0.1) is 12.1 Å². The largest absolute Gasteiger partial charge is 0.457 e. The van der Waals surface area contributed by atoms with Crippen molar-refractivity contribution < 1.29 is 14.3 Å². The number of fused-ring (bicyclic) bond motifs is 2. The fraction of sp³-hybridized carbons (Fsp3) is 0.0769. The minimum atomic E-state index is -0.168. The molecule has 0 saturated carbocycles. The first-order chi connectivity index (χ1) is 15.6. The van der Waals surface area contributed by atoms with Gasteiger partial charge in [-0.3, -0.25) is 4.79 Å². The minimum absolute atomic E-state index is 0.168. The van der Waals surface area contributed by atoms with Gasteiger partial charge in [-0.25, -0.2) is 0 Å². The van der Waals surface area contributed by atoms with Gasteiger partial charge in [-0.2, -0.15) is 0 Å². The lowest BCUT2D eigenvalue weighted by Gasteiger charge is -2.10. The molecule has 0 aliphatic heterocycles. The fourth-order valence-electron chi connectivity index (χ4n) is 3.96. The average molecular weight is 423 g/mol. The van der Waals surface area contributed by atoms with E-state index in [4.69, 9.17) is 4.74 Å². The topological polar surface area (TPSA) is 65.3 Å². The molecule has 158 valence electrons. The van der Waals surface area contributed by atoms with Gasteiger partial charge < -0.3 is 24.0 Å². The maximum Gasteiger partial charge on any atom is 0.272 e. The van der Waals surface area contributed by atoms with E-state index in [0.29, 0.717) is 29.4 Å². The quantitative estimate of drug-likeness (QED) is 0.373. The molecule has 5 aromatic rings. The summed E-state index contributed by atoms with van der Waals surface area (Å²) in [7, 11) is 1.89. The van der Waals surface area contributed by atoms with Gasteiger partial charge in [-0.05, 0) is 54.6 Å². The van der Waals surface area contributed by atoms with Gasteiger partial charge >= 0.3 is 0 Å². The molecule has 0 aliphatic rings. The van der Waals surface area contributed by atoms with E-state index in [1.807, 2.05) is 101 Å². The molecule has 32 heavy (non-hydrogen) atoms. The Labute approximate surface area is 184 Å². The van der Waals surface area contributed by atoms with Gasteiger partial charge in [0.15, 0.2) is 0 Å². The molecular weight excluding hydrogens is 402 g/mol. The van der Waals surface area contributed by atoms with Gasteiger partial charge in [0.2, 0.25) is 0 Å². The van der Waals surface area contributed by atoms with Crippen molar-refractivity contribution in [3.05, 3.63) is 90.8 Å². The van der Waals surface area contributed by atoms with E-state index < -0.39 is 0 Å². The third kappa shape index (κ3) is 3.52. The predicted molar refractivity (Wildman–Crippen MR) is 125 cm³/mol. The molecule has 1 amide bonds. The van der Waals surface area contributed by atoms with Crippen molar-refractivity contribution in [3.8, 4) is 11.5 Å². The molecule has 0 radical (unpaired) electrons. The standard InChI is InChI=1S/C26H21N3O3/c1-28-22-6-3-2-5-18(22)17-24(28)26(31)27-19-9-11-20(12-10-19)32-25-8-4-7-23-21(25)13-14-29(23)15-16-30/h2-14,16-17H,15H2,1H3,(H,27,31). The minimum Gasteiger partial charge on any atom is -0.457 e. The van der Waals surface area contributed by atoms with Crippen LogP contribution in [0.15, 0.2) is 85.1 Å². The number of amides is 1. The fourth-order valence-corrected chi connectivity index (χ4v) is 3.96. The second kappa shape index (κ2) is 8.07. The van der Waals surface area contributed by atoms with Crippen LogP contribution in [0.25, 0.3) is 21.8 Å². The Morgan fingerprint density at radius 2 is 1.75 bits per heavy atom. The summed E-state index contributed by atoms with van der Waals surface area (Å²) in [5, 5.41) is 4.91. The van der Waals surface area contributed by atoms with Crippen LogP contribution in [0.2, 0.25) is 0 Å². The number of rotatable bonds is 6. The number of ether oxygens (including phenoxy) is 1. The number of hydrogen-bond donors (Lipinski definition) is 1. The molecule has 0 atom stereocenters. The van der Waals surface area contributed by atoms with Gasteiger partial charge in [0, 0.05) is 35.2 Å². The lowest BCUT2D eigenvalue weighted by molar-refractivity contribution is -0.108. The molecule has 0 saturated heterocycles. The molecule has 1 N–H and O–H groups in total. The van der Waals surface area contributed by atoms with Crippen LogP contribution >= 0.6 is 0 Å². The van der Waals surface area contributed by atoms with E-state index in [1.54, 1.807) is 0 Å². The summed E-state index contributed by atoms with van der Waals surface area (Å²) in [6.45, 7) is 0.304. The molecule has 0 aliphatic carbocycles. The molecule has 5 rings (SSSR count). The number of benzene rings is 3. The molecule has 0 spiro atoms. The zero-order valence-corrected chi connectivity index (χ0v) is 17.5. The number of aldehydes is 1. The monoisotopic (exact) mass is 423 g/mol. The Morgan fingerprint density at radius 1 is 0.969 bits per heavy atom. The number of para-hydroxylation sites is 1. The Hall–Kier alpha value is -4.32. The molecule has 0 bridgehead atoms. The van der Waals surface area contributed by atoms with Crippen molar-refractivity contribution >= 4 is 39.7 Å². The van der Waals surface area contributed by atoms with Gasteiger partial charge in [0.1, 0.15) is 23.5 Å². The predicted octanol–water partition coefficient (Wildman–Crippen LogP) is 5.38. The number of nitrogens with one attached hydrogen (secondary N) is 1. The van der Waals surface area contributed by atoms with Crippen LogP contribution in [0.4, 0.5) is 5.69 Å². The van der Waals surface area contributed by atoms with Gasteiger partial charge in [-0.15, -0.1) is 0 Å². The van der Waals surface area contributed by atoms with E-state index in [2.05, 4.69) is 5.32 Å². The van der Waals surface area contributed by atoms with E-state index in [9.17, 15) is 9.59 Å². The average Bonchev–Trinajstić information content (AvgIpc) is 3.38. The van der Waals surface area contributed by atoms with Crippen molar-refractivity contribution in [2.75, 3.05) is 5.32 Å². The van der Waals surface area contributed by atoms with Crippen molar-refractivity contribution in [1.82, 2.24) is 9.13 Å². The lowest BCUT2D eigenvalue weighted by atomic mass is 10.2. The Morgan fingerprint density at radius 3 is 2.53 bits per heavy atom. The third-order valence-electron chi connectivity index (χ3n) is 5.57. The van der Waals surface area contributed by atoms with Crippen LogP contribution in [0, 0.1) is 0 Å². The summed E-state index contributed by atoms with van der Waals surface area (Å²) in [5.74, 6) is 1.20.